The number of hydrogen-bond acceptors (Lipinski definition) is 7. The molecule has 0 aliphatic heterocycles. The summed E-state index contributed by atoms with van der Waals surface area (Å²) in [6.45, 7) is 0. The van der Waals surface area contributed by atoms with Crippen molar-refractivity contribution in [1.29, 1.82) is 0 Å². The Hall–Kier alpha value is -2.26. The van der Waals surface area contributed by atoms with Gasteiger partial charge in [0.1, 0.15) is 5.69 Å². The molecule has 1 aliphatic rings. The summed E-state index contributed by atoms with van der Waals surface area (Å²) in [6.07, 6.45) is 6.55. The number of carbonyl (C=O) groups is 1. The molecular formula is C19H21N5O2S2. The molecule has 1 fully saturated rings. The van der Waals surface area contributed by atoms with Crippen molar-refractivity contribution in [2.24, 2.45) is 5.92 Å². The first kappa shape index (κ1) is 19.1. The summed E-state index contributed by atoms with van der Waals surface area (Å²) in [4.78, 5) is 31.7. The summed E-state index contributed by atoms with van der Waals surface area (Å²) in [5, 5.41) is 11.5. The number of para-hydroxylation sites is 2. The highest BCUT2D eigenvalue weighted by Gasteiger charge is 2.18. The number of fused-ring (bicyclic) bond motifs is 1. The van der Waals surface area contributed by atoms with Crippen LogP contribution in [0.1, 0.15) is 44.2 Å². The van der Waals surface area contributed by atoms with Crippen LogP contribution < -0.4 is 10.9 Å². The molecule has 2 heterocycles. The van der Waals surface area contributed by atoms with Crippen LogP contribution in [0.2, 0.25) is 0 Å². The molecule has 0 saturated heterocycles. The number of aromatic nitrogens is 4. The van der Waals surface area contributed by atoms with Gasteiger partial charge in [0.2, 0.25) is 11.0 Å². The number of H-pyrrole nitrogens is 1. The van der Waals surface area contributed by atoms with Gasteiger partial charge in [-0.05, 0) is 30.9 Å². The summed E-state index contributed by atoms with van der Waals surface area (Å²) in [5.41, 5.74) is 1.73. The van der Waals surface area contributed by atoms with E-state index < -0.39 is 0 Å². The standard InChI is InChI=1S/C19H21N5O2S2/c25-16(10-12-6-2-1-3-7-12)22-18-23-24-19(28-18)27-11-15-17(26)21-14-9-5-4-8-13(14)20-15/h4-5,8-9,12H,1-3,6-7,10-11H2,(H,21,26)(H,22,23,25). The zero-order chi connectivity index (χ0) is 19.3. The number of nitrogens with one attached hydrogen (secondary N) is 2. The maximum atomic E-state index is 12.2. The second-order valence-corrected chi connectivity index (χ2v) is 9.15. The van der Waals surface area contributed by atoms with Crippen LogP contribution in [0.5, 0.6) is 0 Å². The van der Waals surface area contributed by atoms with E-state index in [9.17, 15) is 9.59 Å². The maximum Gasteiger partial charge on any atom is 0.271 e. The molecule has 0 spiro atoms. The van der Waals surface area contributed by atoms with Crippen molar-refractivity contribution >= 4 is 45.2 Å². The van der Waals surface area contributed by atoms with E-state index in [2.05, 4.69) is 25.5 Å². The Morgan fingerprint density at radius 1 is 1.21 bits per heavy atom. The highest BCUT2D eigenvalue weighted by molar-refractivity contribution is 8.00. The lowest BCUT2D eigenvalue weighted by atomic mass is 9.87. The van der Waals surface area contributed by atoms with Gasteiger partial charge in [0.05, 0.1) is 11.0 Å². The van der Waals surface area contributed by atoms with Crippen molar-refractivity contribution in [1.82, 2.24) is 20.2 Å². The highest BCUT2D eigenvalue weighted by atomic mass is 32.2. The minimum absolute atomic E-state index is 0.00670. The average molecular weight is 416 g/mol. The zero-order valence-electron chi connectivity index (χ0n) is 15.3. The van der Waals surface area contributed by atoms with Crippen LogP contribution in [0, 0.1) is 5.92 Å². The summed E-state index contributed by atoms with van der Waals surface area (Å²) in [5.74, 6) is 0.888. The van der Waals surface area contributed by atoms with Gasteiger partial charge < -0.3 is 10.3 Å². The normalized spacial score (nSPS) is 15.0. The molecule has 28 heavy (non-hydrogen) atoms. The van der Waals surface area contributed by atoms with Gasteiger partial charge in [0, 0.05) is 12.2 Å². The van der Waals surface area contributed by atoms with Gasteiger partial charge in [-0.3, -0.25) is 9.59 Å². The van der Waals surface area contributed by atoms with Crippen LogP contribution in [-0.2, 0) is 10.5 Å². The predicted molar refractivity (Wildman–Crippen MR) is 112 cm³/mol. The minimum atomic E-state index is -0.197. The largest absolute Gasteiger partial charge is 0.319 e. The molecule has 146 valence electrons. The lowest BCUT2D eigenvalue weighted by Crippen LogP contribution is -2.18. The van der Waals surface area contributed by atoms with E-state index in [0.717, 1.165) is 23.9 Å². The Morgan fingerprint density at radius 3 is 2.89 bits per heavy atom. The third kappa shape index (κ3) is 4.77. The number of carbonyl (C=O) groups excluding carboxylic acids is 1. The number of nitrogens with zero attached hydrogens (tertiary/aromatic N) is 3. The molecule has 2 N–H and O–H groups in total. The van der Waals surface area contributed by atoms with E-state index in [0.29, 0.717) is 33.3 Å². The SMILES string of the molecule is O=C(CC1CCCCC1)Nc1nnc(SCc2nc3ccccc3[nH]c2=O)s1. The van der Waals surface area contributed by atoms with Crippen LogP contribution in [0.15, 0.2) is 33.4 Å². The van der Waals surface area contributed by atoms with Crippen LogP contribution in [0.4, 0.5) is 5.13 Å². The molecule has 4 rings (SSSR count). The Labute approximate surface area is 170 Å². The van der Waals surface area contributed by atoms with Crippen molar-refractivity contribution in [2.45, 2.75) is 48.6 Å². The number of thioether (sulfide) groups is 1. The summed E-state index contributed by atoms with van der Waals surface area (Å²) in [6, 6.07) is 7.44. The molecule has 0 atom stereocenters. The van der Waals surface area contributed by atoms with Crippen molar-refractivity contribution in [3.05, 3.63) is 40.3 Å². The second kappa shape index (κ2) is 8.83. The topological polar surface area (TPSA) is 101 Å². The van der Waals surface area contributed by atoms with Crippen LogP contribution >= 0.6 is 23.1 Å². The third-order valence-corrected chi connectivity index (χ3v) is 6.84. The highest BCUT2D eigenvalue weighted by Crippen LogP contribution is 2.29. The van der Waals surface area contributed by atoms with Gasteiger partial charge >= 0.3 is 0 Å². The molecule has 2 aromatic heterocycles. The number of benzene rings is 1. The molecule has 1 amide bonds. The molecule has 7 nitrogen and oxygen atoms in total. The summed E-state index contributed by atoms with van der Waals surface area (Å²) in [7, 11) is 0. The Kier molecular flexibility index (Phi) is 6.01. The molecule has 0 unspecified atom stereocenters. The molecule has 1 aliphatic carbocycles. The van der Waals surface area contributed by atoms with Crippen molar-refractivity contribution in [3.63, 3.8) is 0 Å². The Bertz CT molecular complexity index is 1030. The lowest BCUT2D eigenvalue weighted by molar-refractivity contribution is -0.117. The van der Waals surface area contributed by atoms with E-state index in [1.807, 2.05) is 24.3 Å². The molecular weight excluding hydrogens is 394 g/mol. The number of amides is 1. The minimum Gasteiger partial charge on any atom is -0.319 e. The Balaban J connectivity index is 1.34. The first-order valence-corrected chi connectivity index (χ1v) is 11.2. The number of rotatable bonds is 6. The smallest absolute Gasteiger partial charge is 0.271 e. The van der Waals surface area contributed by atoms with Gasteiger partial charge in [-0.1, -0.05) is 54.5 Å². The molecule has 3 aromatic rings. The summed E-state index contributed by atoms with van der Waals surface area (Å²) < 4.78 is 0.697. The monoisotopic (exact) mass is 415 g/mol. The van der Waals surface area contributed by atoms with Gasteiger partial charge in [0.15, 0.2) is 4.34 Å². The van der Waals surface area contributed by atoms with E-state index in [1.165, 1.54) is 42.4 Å². The van der Waals surface area contributed by atoms with Gasteiger partial charge in [0.25, 0.3) is 5.56 Å². The molecule has 9 heteroatoms. The van der Waals surface area contributed by atoms with Gasteiger partial charge in [-0.2, -0.15) is 0 Å². The van der Waals surface area contributed by atoms with Crippen molar-refractivity contribution < 1.29 is 4.79 Å². The Morgan fingerprint density at radius 2 is 2.04 bits per heavy atom. The molecule has 0 radical (unpaired) electrons. The van der Waals surface area contributed by atoms with E-state index in [4.69, 9.17) is 0 Å². The molecule has 1 aromatic carbocycles. The molecule has 1 saturated carbocycles. The quantitative estimate of drug-likeness (QED) is 0.467. The first-order chi connectivity index (χ1) is 13.7. The van der Waals surface area contributed by atoms with E-state index in [1.54, 1.807) is 0 Å². The van der Waals surface area contributed by atoms with Crippen LogP contribution in [0.3, 0.4) is 0 Å². The zero-order valence-corrected chi connectivity index (χ0v) is 16.9. The predicted octanol–water partition coefficient (Wildman–Crippen LogP) is 3.98. The fraction of sp³-hybridized carbons (Fsp3) is 0.421. The number of aromatic amines is 1. The van der Waals surface area contributed by atoms with Crippen molar-refractivity contribution in [3.8, 4) is 0 Å². The van der Waals surface area contributed by atoms with E-state index >= 15 is 0 Å². The first-order valence-electron chi connectivity index (χ1n) is 9.41. The number of anilines is 1. The van der Waals surface area contributed by atoms with Gasteiger partial charge in [-0.15, -0.1) is 10.2 Å². The van der Waals surface area contributed by atoms with Crippen LogP contribution in [0.25, 0.3) is 11.0 Å². The lowest BCUT2D eigenvalue weighted by Gasteiger charge is -2.20. The maximum absolute atomic E-state index is 12.2. The average Bonchev–Trinajstić information content (AvgIpc) is 3.14. The molecule has 0 bridgehead atoms. The van der Waals surface area contributed by atoms with Gasteiger partial charge in [-0.25, -0.2) is 4.98 Å². The van der Waals surface area contributed by atoms with Crippen molar-refractivity contribution in [2.75, 3.05) is 5.32 Å². The van der Waals surface area contributed by atoms with E-state index in [-0.39, 0.29) is 11.5 Å². The number of hydrogen-bond donors (Lipinski definition) is 2. The third-order valence-electron chi connectivity index (χ3n) is 4.85. The fourth-order valence-corrected chi connectivity index (χ4v) is 5.13. The summed E-state index contributed by atoms with van der Waals surface area (Å²) >= 11 is 2.71. The van der Waals surface area contributed by atoms with Crippen LogP contribution in [-0.4, -0.2) is 26.1 Å². The second-order valence-electron chi connectivity index (χ2n) is 6.95. The fourth-order valence-electron chi connectivity index (χ4n) is 3.44.